The van der Waals surface area contributed by atoms with Gasteiger partial charge in [0, 0.05) is 19.7 Å². The zero-order chi connectivity index (χ0) is 14.7. The normalized spacial score (nSPS) is 22.6. The van der Waals surface area contributed by atoms with Crippen LogP contribution in [0, 0.1) is 11.8 Å². The minimum atomic E-state index is -0.770. The van der Waals surface area contributed by atoms with Crippen molar-refractivity contribution >= 4 is 17.5 Å². The molecule has 0 bridgehead atoms. The van der Waals surface area contributed by atoms with Crippen LogP contribution >= 0.6 is 0 Å². The third-order valence-corrected chi connectivity index (χ3v) is 3.55. The van der Waals surface area contributed by atoms with Crippen molar-refractivity contribution in [2.24, 2.45) is 18.9 Å². The molecule has 0 N–H and O–H groups in total. The number of carbonyl (C=O) groups excluding carboxylic acids is 3. The largest absolute Gasteiger partial charge is 0.466 e. The van der Waals surface area contributed by atoms with E-state index in [1.807, 2.05) is 0 Å². The number of Topliss-reactive ketones (excluding diaryl/α,β-unsaturated/α-hetero) is 2. The molecule has 6 heteroatoms. The van der Waals surface area contributed by atoms with Gasteiger partial charge in [-0.2, -0.15) is 5.10 Å². The predicted molar refractivity (Wildman–Crippen MR) is 70.0 cm³/mol. The van der Waals surface area contributed by atoms with Gasteiger partial charge in [-0.1, -0.05) is 0 Å². The number of rotatable bonds is 4. The molecule has 1 heterocycles. The molecule has 2 rings (SSSR count). The fourth-order valence-corrected chi connectivity index (χ4v) is 2.48. The second-order valence-electron chi connectivity index (χ2n) is 4.98. The van der Waals surface area contributed by atoms with Gasteiger partial charge < -0.3 is 4.74 Å². The van der Waals surface area contributed by atoms with Gasteiger partial charge in [-0.25, -0.2) is 0 Å². The highest BCUT2D eigenvalue weighted by Crippen LogP contribution is 2.29. The summed E-state index contributed by atoms with van der Waals surface area (Å²) in [6.07, 6.45) is 2.59. The topological polar surface area (TPSA) is 78.3 Å². The van der Waals surface area contributed by atoms with Crippen LogP contribution in [0.2, 0.25) is 0 Å². The Hall–Kier alpha value is -1.98. The maximum Gasteiger partial charge on any atom is 0.308 e. The summed E-state index contributed by atoms with van der Waals surface area (Å²) in [4.78, 5) is 36.0. The molecule has 1 aliphatic carbocycles. The number of esters is 1. The van der Waals surface area contributed by atoms with Gasteiger partial charge in [0.1, 0.15) is 11.5 Å². The zero-order valence-electron chi connectivity index (χ0n) is 11.7. The molecule has 0 aromatic carbocycles. The van der Waals surface area contributed by atoms with E-state index in [9.17, 15) is 14.4 Å². The molecule has 20 heavy (non-hydrogen) atoms. The second kappa shape index (κ2) is 5.98. The van der Waals surface area contributed by atoms with Crippen molar-refractivity contribution in [3.05, 3.63) is 18.0 Å². The Morgan fingerprint density at radius 1 is 1.50 bits per heavy atom. The summed E-state index contributed by atoms with van der Waals surface area (Å²) in [5.74, 6) is -1.87. The van der Waals surface area contributed by atoms with Gasteiger partial charge in [0.15, 0.2) is 5.78 Å². The fraction of sp³-hybridized carbons (Fsp3) is 0.571. The summed E-state index contributed by atoms with van der Waals surface area (Å²) in [5, 5.41) is 4.03. The van der Waals surface area contributed by atoms with E-state index in [0.717, 1.165) is 0 Å². The molecule has 1 fully saturated rings. The van der Waals surface area contributed by atoms with Crippen molar-refractivity contribution in [2.45, 2.75) is 26.2 Å². The molecule has 0 aliphatic heterocycles. The highest BCUT2D eigenvalue weighted by Gasteiger charge is 2.38. The van der Waals surface area contributed by atoms with Crippen molar-refractivity contribution in [1.29, 1.82) is 0 Å². The predicted octanol–water partition coefficient (Wildman–Crippen LogP) is 1.15. The number of aryl methyl sites for hydroxylation is 1. The van der Waals surface area contributed by atoms with Crippen molar-refractivity contribution in [2.75, 3.05) is 6.61 Å². The number of aromatic nitrogens is 2. The third kappa shape index (κ3) is 2.95. The first kappa shape index (κ1) is 14.4. The van der Waals surface area contributed by atoms with E-state index in [1.165, 1.54) is 4.68 Å². The van der Waals surface area contributed by atoms with E-state index in [1.54, 1.807) is 26.2 Å². The van der Waals surface area contributed by atoms with Gasteiger partial charge in [0.05, 0.1) is 18.4 Å². The average Bonchev–Trinajstić information content (AvgIpc) is 2.85. The number of hydrogen-bond donors (Lipinski definition) is 0. The maximum atomic E-state index is 12.3. The van der Waals surface area contributed by atoms with Gasteiger partial charge in [0.25, 0.3) is 0 Å². The summed E-state index contributed by atoms with van der Waals surface area (Å²) in [6, 6.07) is 1.59. The Balaban J connectivity index is 2.11. The van der Waals surface area contributed by atoms with Crippen molar-refractivity contribution in [3.8, 4) is 0 Å². The summed E-state index contributed by atoms with van der Waals surface area (Å²) >= 11 is 0. The summed E-state index contributed by atoms with van der Waals surface area (Å²) in [5.41, 5.74) is 0.273. The van der Waals surface area contributed by atoms with E-state index in [-0.39, 0.29) is 42.0 Å². The number of ketones is 2. The van der Waals surface area contributed by atoms with Crippen LogP contribution in [-0.2, 0) is 21.4 Å². The van der Waals surface area contributed by atoms with Gasteiger partial charge >= 0.3 is 5.97 Å². The second-order valence-corrected chi connectivity index (χ2v) is 4.98. The van der Waals surface area contributed by atoms with Crippen LogP contribution in [0.3, 0.4) is 0 Å². The number of ether oxygens (including phenoxy) is 1. The molecular formula is C14H18N2O4. The molecule has 1 saturated carbocycles. The van der Waals surface area contributed by atoms with Crippen LogP contribution < -0.4 is 0 Å². The van der Waals surface area contributed by atoms with Gasteiger partial charge in [-0.3, -0.25) is 19.1 Å². The Morgan fingerprint density at radius 2 is 2.25 bits per heavy atom. The monoisotopic (exact) mass is 278 g/mol. The minimum Gasteiger partial charge on any atom is -0.466 e. The smallest absolute Gasteiger partial charge is 0.308 e. The van der Waals surface area contributed by atoms with Crippen LogP contribution in [0.5, 0.6) is 0 Å². The SMILES string of the molecule is CCOC(=O)C1CCC(=O)C(C(=O)c2ccn(C)n2)C1. The highest BCUT2D eigenvalue weighted by atomic mass is 16.5. The highest BCUT2D eigenvalue weighted by molar-refractivity contribution is 6.10. The first-order valence-electron chi connectivity index (χ1n) is 6.76. The quantitative estimate of drug-likeness (QED) is 0.469. The molecule has 0 amide bonds. The van der Waals surface area contributed by atoms with Crippen molar-refractivity contribution in [1.82, 2.24) is 9.78 Å². The first-order valence-corrected chi connectivity index (χ1v) is 6.76. The fourth-order valence-electron chi connectivity index (χ4n) is 2.48. The third-order valence-electron chi connectivity index (χ3n) is 3.55. The van der Waals surface area contributed by atoms with Gasteiger partial charge in [-0.15, -0.1) is 0 Å². The average molecular weight is 278 g/mol. The molecule has 0 spiro atoms. The van der Waals surface area contributed by atoms with Crippen LogP contribution in [0.4, 0.5) is 0 Å². The van der Waals surface area contributed by atoms with E-state index >= 15 is 0 Å². The molecule has 1 aromatic heterocycles. The summed E-state index contributed by atoms with van der Waals surface area (Å²) in [7, 11) is 1.71. The molecule has 6 nitrogen and oxygen atoms in total. The van der Waals surface area contributed by atoms with Crippen LogP contribution in [0.15, 0.2) is 12.3 Å². The van der Waals surface area contributed by atoms with E-state index in [2.05, 4.69) is 5.10 Å². The van der Waals surface area contributed by atoms with Crippen molar-refractivity contribution in [3.63, 3.8) is 0 Å². The van der Waals surface area contributed by atoms with Crippen LogP contribution in [0.1, 0.15) is 36.7 Å². The number of hydrogen-bond acceptors (Lipinski definition) is 5. The minimum absolute atomic E-state index is 0.110. The first-order chi connectivity index (χ1) is 9.52. The molecule has 2 atom stereocenters. The lowest BCUT2D eigenvalue weighted by Crippen LogP contribution is -2.35. The summed E-state index contributed by atoms with van der Waals surface area (Å²) < 4.78 is 6.49. The molecule has 0 radical (unpaired) electrons. The van der Waals surface area contributed by atoms with Crippen molar-refractivity contribution < 1.29 is 19.1 Å². The Morgan fingerprint density at radius 3 is 2.85 bits per heavy atom. The number of nitrogens with zero attached hydrogens (tertiary/aromatic N) is 2. The zero-order valence-corrected chi connectivity index (χ0v) is 11.7. The lowest BCUT2D eigenvalue weighted by atomic mass is 9.78. The standard InChI is InChI=1S/C14H18N2O4/c1-3-20-14(19)9-4-5-12(17)10(8-9)13(18)11-6-7-16(2)15-11/h6-7,9-10H,3-5,8H2,1-2H3. The Bertz CT molecular complexity index is 535. The molecular weight excluding hydrogens is 260 g/mol. The molecule has 108 valence electrons. The van der Waals surface area contributed by atoms with Gasteiger partial charge in [0.2, 0.25) is 0 Å². The van der Waals surface area contributed by atoms with E-state index in [4.69, 9.17) is 4.74 Å². The van der Waals surface area contributed by atoms with Crippen LogP contribution in [0.25, 0.3) is 0 Å². The maximum absolute atomic E-state index is 12.3. The van der Waals surface area contributed by atoms with Crippen LogP contribution in [-0.4, -0.2) is 33.9 Å². The van der Waals surface area contributed by atoms with E-state index in [0.29, 0.717) is 13.0 Å². The number of carbonyl (C=O) groups is 3. The Kier molecular flexibility index (Phi) is 4.32. The lowest BCUT2D eigenvalue weighted by Gasteiger charge is -2.25. The van der Waals surface area contributed by atoms with E-state index < -0.39 is 5.92 Å². The molecule has 0 saturated heterocycles. The molecule has 1 aromatic rings. The Labute approximate surface area is 117 Å². The lowest BCUT2D eigenvalue weighted by molar-refractivity contribution is -0.150. The molecule has 1 aliphatic rings. The summed E-state index contributed by atoms with van der Waals surface area (Å²) in [6.45, 7) is 2.05. The van der Waals surface area contributed by atoms with Gasteiger partial charge in [-0.05, 0) is 25.8 Å². The molecule has 2 unspecified atom stereocenters.